The number of hydrogen-bond acceptors (Lipinski definition) is 2. The third kappa shape index (κ3) is 1.69. The maximum atomic E-state index is 4.26. The zero-order valence-electron chi connectivity index (χ0n) is 9.22. The van der Waals surface area contributed by atoms with Gasteiger partial charge in [0.1, 0.15) is 0 Å². The van der Waals surface area contributed by atoms with Crippen molar-refractivity contribution in [1.29, 1.82) is 0 Å². The lowest BCUT2D eigenvalue weighted by Gasteiger charge is -2.22. The Morgan fingerprint density at radius 3 is 2.71 bits per heavy atom. The van der Waals surface area contributed by atoms with Crippen molar-refractivity contribution in [2.75, 3.05) is 7.05 Å². The van der Waals surface area contributed by atoms with Crippen LogP contribution in [0.4, 0.5) is 0 Å². The molecule has 1 saturated heterocycles. The molecule has 0 bridgehead atoms. The summed E-state index contributed by atoms with van der Waals surface area (Å²) in [6.07, 6.45) is 5.19. The molecule has 14 heavy (non-hydrogen) atoms. The van der Waals surface area contributed by atoms with E-state index in [1.54, 1.807) is 0 Å². The summed E-state index contributed by atoms with van der Waals surface area (Å²) in [6.45, 7) is 5.68. The van der Waals surface area contributed by atoms with E-state index in [1.165, 1.54) is 6.42 Å². The quantitative estimate of drug-likeness (QED) is 0.711. The fourth-order valence-electron chi connectivity index (χ4n) is 2.41. The van der Waals surface area contributed by atoms with Gasteiger partial charge in [-0.25, -0.2) is 0 Å². The van der Waals surface area contributed by atoms with E-state index >= 15 is 0 Å². The predicted molar refractivity (Wildman–Crippen MR) is 57.0 cm³/mol. The van der Waals surface area contributed by atoms with Crippen molar-refractivity contribution in [2.24, 2.45) is 5.92 Å². The number of likely N-dealkylation sites (tertiary alicyclic amines) is 1. The molecule has 3 nitrogen and oxygen atoms in total. The van der Waals surface area contributed by atoms with Gasteiger partial charge >= 0.3 is 0 Å². The first-order valence-electron chi connectivity index (χ1n) is 5.38. The maximum absolute atomic E-state index is 4.26. The lowest BCUT2D eigenvalue weighted by atomic mass is 10.0. The van der Waals surface area contributed by atoms with Gasteiger partial charge in [-0.15, -0.1) is 0 Å². The molecule has 0 N–H and O–H groups in total. The molecule has 1 aliphatic rings. The molecule has 1 fully saturated rings. The van der Waals surface area contributed by atoms with Crippen molar-refractivity contribution < 1.29 is 0 Å². The zero-order chi connectivity index (χ0) is 10.1. The molecular weight excluding hydrogens is 174 g/mol. The zero-order valence-corrected chi connectivity index (χ0v) is 9.22. The Hall–Kier alpha value is -0.830. The minimum absolute atomic E-state index is 0.675. The SMILES string of the molecule is CC1CC(Cn2cccn2)[C@@H](C)N1C. The van der Waals surface area contributed by atoms with Crippen molar-refractivity contribution in [3.05, 3.63) is 18.5 Å². The van der Waals surface area contributed by atoms with E-state index in [4.69, 9.17) is 0 Å². The summed E-state index contributed by atoms with van der Waals surface area (Å²) in [6, 6.07) is 3.38. The van der Waals surface area contributed by atoms with Crippen LogP contribution in [0, 0.1) is 5.92 Å². The Morgan fingerprint density at radius 2 is 2.21 bits per heavy atom. The molecule has 0 aromatic carbocycles. The lowest BCUT2D eigenvalue weighted by molar-refractivity contribution is 0.240. The number of aromatic nitrogens is 2. The van der Waals surface area contributed by atoms with Crippen LogP contribution >= 0.6 is 0 Å². The van der Waals surface area contributed by atoms with Crippen molar-refractivity contribution in [1.82, 2.24) is 14.7 Å². The Bertz CT molecular complexity index is 281. The summed E-state index contributed by atoms with van der Waals surface area (Å²) < 4.78 is 2.05. The average Bonchev–Trinajstić information content (AvgIpc) is 2.73. The summed E-state index contributed by atoms with van der Waals surface area (Å²) in [5.41, 5.74) is 0. The van der Waals surface area contributed by atoms with Crippen LogP contribution in [0.25, 0.3) is 0 Å². The van der Waals surface area contributed by atoms with E-state index in [9.17, 15) is 0 Å². The summed E-state index contributed by atoms with van der Waals surface area (Å²) >= 11 is 0. The first-order chi connectivity index (χ1) is 6.68. The molecule has 2 rings (SSSR count). The Kier molecular flexibility index (Phi) is 2.59. The minimum Gasteiger partial charge on any atom is -0.301 e. The highest BCUT2D eigenvalue weighted by molar-refractivity contribution is 4.88. The average molecular weight is 193 g/mol. The smallest absolute Gasteiger partial charge is 0.0489 e. The van der Waals surface area contributed by atoms with Crippen LogP contribution in [0.1, 0.15) is 20.3 Å². The van der Waals surface area contributed by atoms with Gasteiger partial charge < -0.3 is 4.90 Å². The standard InChI is InChI=1S/C11H19N3/c1-9-7-11(10(2)13(9)3)8-14-6-4-5-12-14/h4-6,9-11H,7-8H2,1-3H3/t9?,10-,11?/m1/s1. The predicted octanol–water partition coefficient (Wildman–Crippen LogP) is 1.61. The molecule has 0 aliphatic carbocycles. The van der Waals surface area contributed by atoms with Crippen molar-refractivity contribution in [3.63, 3.8) is 0 Å². The molecule has 0 amide bonds. The number of rotatable bonds is 2. The van der Waals surface area contributed by atoms with E-state index in [0.29, 0.717) is 12.1 Å². The van der Waals surface area contributed by atoms with Crippen LogP contribution in [-0.2, 0) is 6.54 Å². The van der Waals surface area contributed by atoms with E-state index in [1.807, 2.05) is 16.9 Å². The largest absolute Gasteiger partial charge is 0.301 e. The highest BCUT2D eigenvalue weighted by Crippen LogP contribution is 2.28. The maximum Gasteiger partial charge on any atom is 0.0489 e. The van der Waals surface area contributed by atoms with Gasteiger partial charge in [0.15, 0.2) is 0 Å². The van der Waals surface area contributed by atoms with Crippen LogP contribution < -0.4 is 0 Å². The summed E-state index contributed by atoms with van der Waals surface area (Å²) in [4.78, 5) is 2.47. The lowest BCUT2D eigenvalue weighted by Crippen LogP contribution is -2.31. The van der Waals surface area contributed by atoms with Gasteiger partial charge in [0.2, 0.25) is 0 Å². The third-order valence-corrected chi connectivity index (χ3v) is 3.64. The number of nitrogens with zero attached hydrogens (tertiary/aromatic N) is 3. The Balaban J connectivity index is 2.00. The van der Waals surface area contributed by atoms with Gasteiger partial charge in [-0.3, -0.25) is 4.68 Å². The topological polar surface area (TPSA) is 21.1 Å². The van der Waals surface area contributed by atoms with Crippen LogP contribution in [0.15, 0.2) is 18.5 Å². The summed E-state index contributed by atoms with van der Waals surface area (Å²) in [5, 5.41) is 4.26. The molecule has 1 aliphatic heterocycles. The third-order valence-electron chi connectivity index (χ3n) is 3.64. The second-order valence-electron chi connectivity index (χ2n) is 4.48. The molecule has 1 aromatic rings. The van der Waals surface area contributed by atoms with E-state index in [2.05, 4.69) is 37.1 Å². The number of hydrogen-bond donors (Lipinski definition) is 0. The van der Waals surface area contributed by atoms with Gasteiger partial charge in [0, 0.05) is 31.0 Å². The molecule has 2 heterocycles. The van der Waals surface area contributed by atoms with Gasteiger partial charge in [0.25, 0.3) is 0 Å². The van der Waals surface area contributed by atoms with Gasteiger partial charge in [-0.2, -0.15) is 5.10 Å². The first kappa shape index (κ1) is 9.71. The van der Waals surface area contributed by atoms with E-state index in [-0.39, 0.29) is 0 Å². The molecule has 0 radical (unpaired) electrons. The van der Waals surface area contributed by atoms with Crippen LogP contribution in [0.3, 0.4) is 0 Å². The monoisotopic (exact) mass is 193 g/mol. The first-order valence-corrected chi connectivity index (χ1v) is 5.38. The van der Waals surface area contributed by atoms with Crippen LogP contribution in [-0.4, -0.2) is 33.8 Å². The molecule has 0 saturated carbocycles. The Morgan fingerprint density at radius 1 is 1.43 bits per heavy atom. The van der Waals surface area contributed by atoms with Crippen LogP contribution in [0.2, 0.25) is 0 Å². The summed E-state index contributed by atoms with van der Waals surface area (Å²) in [5.74, 6) is 0.745. The highest BCUT2D eigenvalue weighted by atomic mass is 15.3. The second kappa shape index (κ2) is 3.73. The van der Waals surface area contributed by atoms with Crippen LogP contribution in [0.5, 0.6) is 0 Å². The van der Waals surface area contributed by atoms with Crippen molar-refractivity contribution in [3.8, 4) is 0 Å². The highest BCUT2D eigenvalue weighted by Gasteiger charge is 2.33. The fraction of sp³-hybridized carbons (Fsp3) is 0.727. The van der Waals surface area contributed by atoms with Gasteiger partial charge in [-0.05, 0) is 39.3 Å². The van der Waals surface area contributed by atoms with E-state index < -0.39 is 0 Å². The van der Waals surface area contributed by atoms with Crippen molar-refractivity contribution >= 4 is 0 Å². The van der Waals surface area contributed by atoms with Crippen molar-refractivity contribution in [2.45, 2.75) is 38.9 Å². The minimum atomic E-state index is 0.675. The molecule has 3 heteroatoms. The summed E-state index contributed by atoms with van der Waals surface area (Å²) in [7, 11) is 2.22. The van der Waals surface area contributed by atoms with Gasteiger partial charge in [0.05, 0.1) is 0 Å². The molecule has 3 atom stereocenters. The molecule has 78 valence electrons. The Labute approximate surface area is 85.7 Å². The second-order valence-corrected chi connectivity index (χ2v) is 4.48. The molecule has 2 unspecified atom stereocenters. The van der Waals surface area contributed by atoms with Gasteiger partial charge in [-0.1, -0.05) is 0 Å². The van der Waals surface area contributed by atoms with E-state index in [0.717, 1.165) is 12.5 Å². The normalized spacial score (nSPS) is 33.8. The molecule has 0 spiro atoms. The molecule has 1 aromatic heterocycles. The molecular formula is C11H19N3. The fourth-order valence-corrected chi connectivity index (χ4v) is 2.41.